The summed E-state index contributed by atoms with van der Waals surface area (Å²) < 4.78 is 16.9. The van der Waals surface area contributed by atoms with Gasteiger partial charge in [0.05, 0.1) is 0 Å². The summed E-state index contributed by atoms with van der Waals surface area (Å²) in [5.74, 6) is 5.44. The number of fused-ring (bicyclic) bond motifs is 1. The van der Waals surface area contributed by atoms with E-state index in [4.69, 9.17) is 14.2 Å². The van der Waals surface area contributed by atoms with E-state index in [1.807, 2.05) is 6.07 Å². The van der Waals surface area contributed by atoms with Crippen molar-refractivity contribution in [3.05, 3.63) is 53.6 Å². The molecule has 2 aliphatic heterocycles. The molecule has 0 radical (unpaired) electrons. The fraction of sp³-hybridized carbons (Fsp3) is 0.613. The molecule has 5 fully saturated rings. The maximum absolute atomic E-state index is 10.7. The monoisotopic (exact) mass is 576 g/mol. The van der Waals surface area contributed by atoms with Crippen molar-refractivity contribution in [2.24, 2.45) is 17.8 Å². The Labute approximate surface area is 244 Å². The molecule has 1 saturated heterocycles. The first-order valence-corrected chi connectivity index (χ1v) is 14.3. The van der Waals surface area contributed by atoms with Crippen molar-refractivity contribution in [2.75, 3.05) is 46.1 Å². The highest BCUT2D eigenvalue weighted by atomic mass is 35.5. The predicted molar refractivity (Wildman–Crippen MR) is 157 cm³/mol. The summed E-state index contributed by atoms with van der Waals surface area (Å²) in [5.41, 5.74) is 3.20. The molecule has 1 atom stereocenters. The molecule has 4 bridgehead atoms. The zero-order valence-electron chi connectivity index (χ0n) is 22.6. The van der Waals surface area contributed by atoms with E-state index in [0.29, 0.717) is 25.4 Å². The van der Waals surface area contributed by atoms with E-state index in [-0.39, 0.29) is 24.8 Å². The Morgan fingerprint density at radius 3 is 2.10 bits per heavy atom. The molecule has 2 aromatic rings. The van der Waals surface area contributed by atoms with Gasteiger partial charge in [0.25, 0.3) is 0 Å². The van der Waals surface area contributed by atoms with E-state index >= 15 is 0 Å². The molecular formula is C31H42Cl2N2O4. The molecule has 6 nitrogen and oxygen atoms in total. The third kappa shape index (κ3) is 6.15. The number of ether oxygens (including phenoxy) is 3. The highest BCUT2D eigenvalue weighted by Crippen LogP contribution is 2.60. The predicted octanol–water partition coefficient (Wildman–Crippen LogP) is 5.28. The zero-order valence-corrected chi connectivity index (χ0v) is 24.3. The SMILES string of the molecule is Cl.Cl.OC(COc1ccc(C23CC4CC(CC(C4)C2)C3)cc1)CN1CCN(Cc2ccc3c(c2)OCO3)CC1. The van der Waals surface area contributed by atoms with Gasteiger partial charge in [-0.3, -0.25) is 9.80 Å². The lowest BCUT2D eigenvalue weighted by atomic mass is 9.48. The number of β-amino-alcohol motifs (C(OH)–C–C–N with tert-alkyl or cyclic N) is 1. The number of aliphatic hydroxyl groups is 1. The first-order chi connectivity index (χ1) is 18.1. The fourth-order valence-electron chi connectivity index (χ4n) is 8.34. The maximum Gasteiger partial charge on any atom is 0.231 e. The van der Waals surface area contributed by atoms with Gasteiger partial charge in [-0.15, -0.1) is 24.8 Å². The van der Waals surface area contributed by atoms with Crippen LogP contribution in [0.5, 0.6) is 17.2 Å². The van der Waals surface area contributed by atoms with Crippen molar-refractivity contribution in [3.8, 4) is 17.2 Å². The molecule has 0 amide bonds. The smallest absolute Gasteiger partial charge is 0.231 e. The molecule has 4 aliphatic carbocycles. The third-order valence-electron chi connectivity index (χ3n) is 9.72. The number of nitrogens with zero attached hydrogens (tertiary/aromatic N) is 2. The van der Waals surface area contributed by atoms with E-state index in [1.54, 1.807) is 0 Å². The highest BCUT2D eigenvalue weighted by molar-refractivity contribution is 5.85. The van der Waals surface area contributed by atoms with Gasteiger partial charge in [0.1, 0.15) is 18.5 Å². The van der Waals surface area contributed by atoms with Crippen LogP contribution in [0.1, 0.15) is 49.7 Å². The molecular weight excluding hydrogens is 535 g/mol. The van der Waals surface area contributed by atoms with Crippen LogP contribution in [0.4, 0.5) is 0 Å². The van der Waals surface area contributed by atoms with Crippen molar-refractivity contribution < 1.29 is 19.3 Å². The molecule has 8 heteroatoms. The van der Waals surface area contributed by atoms with E-state index in [2.05, 4.69) is 46.2 Å². The topological polar surface area (TPSA) is 54.4 Å². The second-order valence-electron chi connectivity index (χ2n) is 12.5. The van der Waals surface area contributed by atoms with E-state index in [0.717, 1.165) is 67.7 Å². The number of piperazine rings is 1. The van der Waals surface area contributed by atoms with Crippen molar-refractivity contribution in [1.29, 1.82) is 0 Å². The second-order valence-corrected chi connectivity index (χ2v) is 12.5. The quantitative estimate of drug-likeness (QED) is 0.461. The lowest BCUT2D eigenvalue weighted by Crippen LogP contribution is -2.48. The van der Waals surface area contributed by atoms with Crippen LogP contribution in [0.2, 0.25) is 0 Å². The van der Waals surface area contributed by atoms with Crippen LogP contribution in [0.3, 0.4) is 0 Å². The lowest BCUT2D eigenvalue weighted by Gasteiger charge is -2.57. The maximum atomic E-state index is 10.7. The minimum Gasteiger partial charge on any atom is -0.491 e. The molecule has 2 heterocycles. The van der Waals surface area contributed by atoms with E-state index < -0.39 is 6.10 Å². The number of halogens is 2. The molecule has 0 aromatic heterocycles. The van der Waals surface area contributed by atoms with Crippen LogP contribution in [0.25, 0.3) is 0 Å². The van der Waals surface area contributed by atoms with Gasteiger partial charge >= 0.3 is 0 Å². The van der Waals surface area contributed by atoms with Crippen molar-refractivity contribution in [2.45, 2.75) is 56.6 Å². The Bertz CT molecular complexity index is 1070. The number of benzene rings is 2. The average molecular weight is 578 g/mol. The van der Waals surface area contributed by atoms with Crippen LogP contribution in [0, 0.1) is 17.8 Å². The average Bonchev–Trinajstić information content (AvgIpc) is 3.36. The summed E-state index contributed by atoms with van der Waals surface area (Å²) in [6.07, 6.45) is 8.13. The summed E-state index contributed by atoms with van der Waals surface area (Å²) in [6, 6.07) is 15.1. The van der Waals surface area contributed by atoms with Gasteiger partial charge in [0.2, 0.25) is 6.79 Å². The van der Waals surface area contributed by atoms with Crippen molar-refractivity contribution in [1.82, 2.24) is 9.80 Å². The Balaban J connectivity index is 0.00000154. The Morgan fingerprint density at radius 2 is 1.44 bits per heavy atom. The van der Waals surface area contributed by atoms with Gasteiger partial charge in [-0.05, 0) is 97.1 Å². The van der Waals surface area contributed by atoms with Gasteiger partial charge in [-0.25, -0.2) is 0 Å². The van der Waals surface area contributed by atoms with Gasteiger partial charge < -0.3 is 19.3 Å². The summed E-state index contributed by atoms with van der Waals surface area (Å²) in [5, 5.41) is 10.7. The summed E-state index contributed by atoms with van der Waals surface area (Å²) in [6.45, 7) is 6.13. The highest BCUT2D eigenvalue weighted by Gasteiger charge is 2.51. The third-order valence-corrected chi connectivity index (χ3v) is 9.72. The minimum atomic E-state index is -0.483. The van der Waals surface area contributed by atoms with Crippen LogP contribution < -0.4 is 14.2 Å². The normalized spacial score (nSPS) is 29.9. The largest absolute Gasteiger partial charge is 0.491 e. The van der Waals surface area contributed by atoms with Gasteiger partial charge in [0, 0.05) is 39.3 Å². The van der Waals surface area contributed by atoms with Crippen LogP contribution in [0.15, 0.2) is 42.5 Å². The fourth-order valence-corrected chi connectivity index (χ4v) is 8.34. The first-order valence-electron chi connectivity index (χ1n) is 14.3. The number of rotatable bonds is 8. The Kier molecular flexibility index (Phi) is 8.89. The number of aliphatic hydroxyl groups excluding tert-OH is 1. The van der Waals surface area contributed by atoms with Crippen LogP contribution in [-0.4, -0.2) is 67.1 Å². The standard InChI is InChI=1S/C31H40N2O4.2ClH/c34-27(19-33-9-7-32(8-10-33)18-22-1-6-29-30(14-22)37-21-36-29)20-35-28-4-2-26(3-5-28)31-15-23-11-24(16-31)13-25(12-23)17-31;;/h1-6,14,23-25,27,34H,7-13,15-21H2;2*1H. The zero-order chi connectivity index (χ0) is 24.8. The minimum absolute atomic E-state index is 0. The molecule has 1 N–H and O–H groups in total. The van der Waals surface area contributed by atoms with Crippen LogP contribution >= 0.6 is 24.8 Å². The molecule has 4 saturated carbocycles. The Hall–Kier alpha value is -1.70. The summed E-state index contributed by atoms with van der Waals surface area (Å²) in [4.78, 5) is 4.81. The van der Waals surface area contributed by atoms with Crippen molar-refractivity contribution in [3.63, 3.8) is 0 Å². The van der Waals surface area contributed by atoms with E-state index in [9.17, 15) is 5.11 Å². The summed E-state index contributed by atoms with van der Waals surface area (Å²) in [7, 11) is 0. The van der Waals surface area contributed by atoms with Crippen LogP contribution in [-0.2, 0) is 12.0 Å². The van der Waals surface area contributed by atoms with Crippen molar-refractivity contribution >= 4 is 24.8 Å². The molecule has 39 heavy (non-hydrogen) atoms. The second kappa shape index (κ2) is 12.0. The summed E-state index contributed by atoms with van der Waals surface area (Å²) >= 11 is 0. The molecule has 1 unspecified atom stereocenters. The molecule has 8 rings (SSSR count). The molecule has 2 aromatic carbocycles. The Morgan fingerprint density at radius 1 is 0.821 bits per heavy atom. The van der Waals surface area contributed by atoms with Gasteiger partial charge in [0.15, 0.2) is 11.5 Å². The van der Waals surface area contributed by atoms with Gasteiger partial charge in [-0.1, -0.05) is 18.2 Å². The van der Waals surface area contributed by atoms with Gasteiger partial charge in [-0.2, -0.15) is 0 Å². The first kappa shape index (κ1) is 28.8. The lowest BCUT2D eigenvalue weighted by molar-refractivity contribution is -0.00522. The number of hydrogen-bond acceptors (Lipinski definition) is 6. The molecule has 214 valence electrons. The van der Waals surface area contributed by atoms with E-state index in [1.165, 1.54) is 49.7 Å². The molecule has 6 aliphatic rings. The molecule has 0 spiro atoms. The number of hydrogen-bond donors (Lipinski definition) is 1.